The number of nitrogens with one attached hydrogen (secondary N) is 2. The second kappa shape index (κ2) is 7.31. The lowest BCUT2D eigenvalue weighted by Gasteiger charge is -2.33. The van der Waals surface area contributed by atoms with Crippen molar-refractivity contribution in [1.29, 1.82) is 0 Å². The van der Waals surface area contributed by atoms with Crippen molar-refractivity contribution in [3.63, 3.8) is 0 Å². The molecule has 6 nitrogen and oxygen atoms in total. The van der Waals surface area contributed by atoms with Crippen molar-refractivity contribution in [3.05, 3.63) is 64.2 Å². The molecule has 2 aromatic carbocycles. The highest BCUT2D eigenvalue weighted by molar-refractivity contribution is 5.69. The molecule has 1 fully saturated rings. The van der Waals surface area contributed by atoms with Gasteiger partial charge in [0.15, 0.2) is 0 Å². The summed E-state index contributed by atoms with van der Waals surface area (Å²) in [5.74, 6) is 0. The van der Waals surface area contributed by atoms with E-state index in [4.69, 9.17) is 0 Å². The van der Waals surface area contributed by atoms with Gasteiger partial charge in [-0.25, -0.2) is 0 Å². The van der Waals surface area contributed by atoms with Gasteiger partial charge < -0.3 is 15.5 Å². The van der Waals surface area contributed by atoms with Crippen molar-refractivity contribution in [1.82, 2.24) is 5.32 Å². The van der Waals surface area contributed by atoms with E-state index >= 15 is 0 Å². The Bertz CT molecular complexity index is 705. The average molecular weight is 326 g/mol. The van der Waals surface area contributed by atoms with Crippen LogP contribution in [0, 0.1) is 10.1 Å². The predicted molar refractivity (Wildman–Crippen MR) is 96.5 cm³/mol. The SMILES string of the molecule is CC1CN(c2ccc([N+](=O)[O-])c(NCc3ccccc3)c2)CCN1. The van der Waals surface area contributed by atoms with Gasteiger partial charge in [-0.2, -0.15) is 0 Å². The Hall–Kier alpha value is -2.60. The Morgan fingerprint density at radius 3 is 2.79 bits per heavy atom. The zero-order valence-electron chi connectivity index (χ0n) is 13.7. The first-order valence-corrected chi connectivity index (χ1v) is 8.18. The molecule has 1 aliphatic heterocycles. The fraction of sp³-hybridized carbons (Fsp3) is 0.333. The molecule has 0 bridgehead atoms. The van der Waals surface area contributed by atoms with Crippen LogP contribution in [0.3, 0.4) is 0 Å². The topological polar surface area (TPSA) is 70.4 Å². The van der Waals surface area contributed by atoms with Crippen LogP contribution >= 0.6 is 0 Å². The van der Waals surface area contributed by atoms with Gasteiger partial charge in [-0.3, -0.25) is 10.1 Å². The number of hydrogen-bond acceptors (Lipinski definition) is 5. The number of nitro groups is 1. The van der Waals surface area contributed by atoms with E-state index in [2.05, 4.69) is 22.5 Å². The van der Waals surface area contributed by atoms with Crippen molar-refractivity contribution < 1.29 is 4.92 Å². The van der Waals surface area contributed by atoms with Gasteiger partial charge in [-0.1, -0.05) is 30.3 Å². The van der Waals surface area contributed by atoms with Crippen molar-refractivity contribution >= 4 is 17.1 Å². The molecule has 1 atom stereocenters. The highest BCUT2D eigenvalue weighted by Crippen LogP contribution is 2.30. The fourth-order valence-electron chi connectivity index (χ4n) is 2.98. The maximum atomic E-state index is 11.3. The first-order valence-electron chi connectivity index (χ1n) is 8.18. The van der Waals surface area contributed by atoms with Crippen LogP contribution in [0.25, 0.3) is 0 Å². The first kappa shape index (κ1) is 16.3. The molecule has 0 aromatic heterocycles. The lowest BCUT2D eigenvalue weighted by atomic mass is 10.1. The van der Waals surface area contributed by atoms with Crippen LogP contribution in [0.1, 0.15) is 12.5 Å². The average Bonchev–Trinajstić information content (AvgIpc) is 2.60. The van der Waals surface area contributed by atoms with Gasteiger partial charge in [0, 0.05) is 44.0 Å². The minimum absolute atomic E-state index is 0.109. The lowest BCUT2D eigenvalue weighted by Crippen LogP contribution is -2.49. The summed E-state index contributed by atoms with van der Waals surface area (Å²) in [6.45, 7) is 5.43. The van der Waals surface area contributed by atoms with Crippen LogP contribution in [-0.2, 0) is 6.54 Å². The van der Waals surface area contributed by atoms with Crippen LogP contribution in [-0.4, -0.2) is 30.6 Å². The van der Waals surface area contributed by atoms with E-state index in [0.717, 1.165) is 30.9 Å². The van der Waals surface area contributed by atoms with E-state index in [1.54, 1.807) is 6.07 Å². The van der Waals surface area contributed by atoms with E-state index < -0.39 is 0 Å². The van der Waals surface area contributed by atoms with E-state index in [1.807, 2.05) is 42.5 Å². The molecule has 0 amide bonds. The van der Waals surface area contributed by atoms with Crippen LogP contribution in [0.15, 0.2) is 48.5 Å². The third-order valence-corrected chi connectivity index (χ3v) is 4.24. The quantitative estimate of drug-likeness (QED) is 0.653. The summed E-state index contributed by atoms with van der Waals surface area (Å²) in [5, 5.41) is 17.9. The van der Waals surface area contributed by atoms with Gasteiger partial charge in [-0.15, -0.1) is 0 Å². The van der Waals surface area contributed by atoms with Gasteiger partial charge in [-0.05, 0) is 24.6 Å². The van der Waals surface area contributed by atoms with Crippen LogP contribution < -0.4 is 15.5 Å². The highest BCUT2D eigenvalue weighted by atomic mass is 16.6. The van der Waals surface area contributed by atoms with Gasteiger partial charge in [0.25, 0.3) is 5.69 Å². The number of piperazine rings is 1. The molecule has 1 aliphatic rings. The molecule has 1 heterocycles. The smallest absolute Gasteiger partial charge is 0.292 e. The highest BCUT2D eigenvalue weighted by Gasteiger charge is 2.20. The minimum Gasteiger partial charge on any atom is -0.375 e. The molecule has 0 radical (unpaired) electrons. The van der Waals surface area contributed by atoms with Crippen LogP contribution in [0.2, 0.25) is 0 Å². The summed E-state index contributed by atoms with van der Waals surface area (Å²) < 4.78 is 0. The van der Waals surface area contributed by atoms with E-state index in [9.17, 15) is 10.1 Å². The van der Waals surface area contributed by atoms with Crippen molar-refractivity contribution in [2.45, 2.75) is 19.5 Å². The second-order valence-electron chi connectivity index (χ2n) is 6.10. The first-order chi connectivity index (χ1) is 11.6. The van der Waals surface area contributed by atoms with Gasteiger partial charge in [0.05, 0.1) is 4.92 Å². The second-order valence-corrected chi connectivity index (χ2v) is 6.10. The molecule has 2 N–H and O–H groups in total. The molecule has 1 unspecified atom stereocenters. The number of anilines is 2. The molecule has 0 aliphatic carbocycles. The maximum absolute atomic E-state index is 11.3. The lowest BCUT2D eigenvalue weighted by molar-refractivity contribution is -0.384. The summed E-state index contributed by atoms with van der Waals surface area (Å²) in [6.07, 6.45) is 0. The summed E-state index contributed by atoms with van der Waals surface area (Å²) in [6, 6.07) is 15.6. The molecule has 0 spiro atoms. The predicted octanol–water partition coefficient (Wildman–Crippen LogP) is 3.01. The largest absolute Gasteiger partial charge is 0.375 e. The van der Waals surface area contributed by atoms with Crippen molar-refractivity contribution in [2.75, 3.05) is 29.9 Å². The molecule has 6 heteroatoms. The van der Waals surface area contributed by atoms with Gasteiger partial charge in [0.2, 0.25) is 0 Å². The van der Waals surface area contributed by atoms with Crippen molar-refractivity contribution in [3.8, 4) is 0 Å². The number of nitro benzene ring substituents is 1. The molecule has 24 heavy (non-hydrogen) atoms. The fourth-order valence-corrected chi connectivity index (χ4v) is 2.98. The van der Waals surface area contributed by atoms with Crippen LogP contribution in [0.4, 0.5) is 17.1 Å². The summed E-state index contributed by atoms with van der Waals surface area (Å²) in [5.41, 5.74) is 2.78. The third-order valence-electron chi connectivity index (χ3n) is 4.24. The van der Waals surface area contributed by atoms with Crippen LogP contribution in [0.5, 0.6) is 0 Å². The molecule has 2 aromatic rings. The molecule has 1 saturated heterocycles. The number of rotatable bonds is 5. The standard InChI is InChI=1S/C18H22N4O2/c1-14-13-21(10-9-19-14)16-7-8-18(22(23)24)17(11-16)20-12-15-5-3-2-4-6-15/h2-8,11,14,19-20H,9-10,12-13H2,1H3. The minimum atomic E-state index is -0.336. The zero-order chi connectivity index (χ0) is 16.9. The van der Waals surface area contributed by atoms with Crippen molar-refractivity contribution in [2.24, 2.45) is 0 Å². The maximum Gasteiger partial charge on any atom is 0.292 e. The molecule has 0 saturated carbocycles. The monoisotopic (exact) mass is 326 g/mol. The molecule has 3 rings (SSSR count). The number of nitrogens with zero attached hydrogens (tertiary/aromatic N) is 2. The Morgan fingerprint density at radius 2 is 2.08 bits per heavy atom. The number of hydrogen-bond donors (Lipinski definition) is 2. The Labute approximate surface area is 141 Å². The van der Waals surface area contributed by atoms with E-state index in [-0.39, 0.29) is 10.6 Å². The Balaban J connectivity index is 1.81. The summed E-state index contributed by atoms with van der Waals surface area (Å²) >= 11 is 0. The molecular weight excluding hydrogens is 304 g/mol. The van der Waals surface area contributed by atoms with E-state index in [0.29, 0.717) is 18.3 Å². The summed E-state index contributed by atoms with van der Waals surface area (Å²) in [7, 11) is 0. The number of benzene rings is 2. The zero-order valence-corrected chi connectivity index (χ0v) is 13.7. The van der Waals surface area contributed by atoms with E-state index in [1.165, 1.54) is 0 Å². The van der Waals surface area contributed by atoms with Gasteiger partial charge in [0.1, 0.15) is 5.69 Å². The third kappa shape index (κ3) is 3.83. The summed E-state index contributed by atoms with van der Waals surface area (Å²) in [4.78, 5) is 13.2. The Morgan fingerprint density at radius 1 is 1.29 bits per heavy atom. The normalized spacial score (nSPS) is 17.5. The van der Waals surface area contributed by atoms with Gasteiger partial charge >= 0.3 is 0 Å². The molecular formula is C18H22N4O2. The Kier molecular flexibility index (Phi) is 4.96. The molecule has 126 valence electrons.